The van der Waals surface area contributed by atoms with Gasteiger partial charge in [0.15, 0.2) is 10.8 Å². The van der Waals surface area contributed by atoms with Gasteiger partial charge in [0.05, 0.1) is 17.9 Å². The summed E-state index contributed by atoms with van der Waals surface area (Å²) >= 11 is 1.18. The third-order valence-electron chi connectivity index (χ3n) is 4.46. The highest BCUT2D eigenvalue weighted by molar-refractivity contribution is 7.19. The molecule has 2 N–H and O–H groups in total. The lowest BCUT2D eigenvalue weighted by Crippen LogP contribution is -2.32. The second-order valence-electron chi connectivity index (χ2n) is 6.81. The minimum Gasteiger partial charge on any atom is -0.349 e. The maximum atomic E-state index is 12.7. The monoisotopic (exact) mass is 425 g/mol. The van der Waals surface area contributed by atoms with Gasteiger partial charge in [-0.3, -0.25) is 14.7 Å². The average molecular weight is 425 g/mol. The number of nitrogens with one attached hydrogen (secondary N) is 2. The van der Waals surface area contributed by atoms with Crippen molar-refractivity contribution in [2.45, 2.75) is 6.42 Å². The lowest BCUT2D eigenvalue weighted by atomic mass is 10.3. The molecule has 0 saturated carbocycles. The Morgan fingerprint density at radius 2 is 2.00 bits per heavy atom. The standard InChI is InChI=1S/C18H19N9O2S/c1-26(2)13(28)4-5-27(3)18(29)17-24-14-15(20-9-21-16(14)30-17)23-12-6-10-7-22-25-11(10)8-19-12/h6-9H,4-5H2,1-3H3,(H,22,25)(H,19,20,21,23). The van der Waals surface area contributed by atoms with Gasteiger partial charge in [-0.2, -0.15) is 5.10 Å². The number of hydrogen-bond acceptors (Lipinski definition) is 9. The molecule has 4 aromatic rings. The third-order valence-corrected chi connectivity index (χ3v) is 5.41. The Hall–Kier alpha value is -3.67. The van der Waals surface area contributed by atoms with E-state index in [4.69, 9.17) is 0 Å². The van der Waals surface area contributed by atoms with Crippen molar-refractivity contribution in [3.63, 3.8) is 0 Å². The molecule has 12 heteroatoms. The zero-order valence-corrected chi connectivity index (χ0v) is 17.4. The van der Waals surface area contributed by atoms with Crippen LogP contribution in [-0.4, -0.2) is 79.4 Å². The van der Waals surface area contributed by atoms with Crippen LogP contribution in [0, 0.1) is 0 Å². The molecule has 0 aliphatic heterocycles. The van der Waals surface area contributed by atoms with Crippen LogP contribution >= 0.6 is 11.3 Å². The van der Waals surface area contributed by atoms with Crippen LogP contribution in [0.1, 0.15) is 16.2 Å². The van der Waals surface area contributed by atoms with E-state index in [1.54, 1.807) is 33.5 Å². The quantitative estimate of drug-likeness (QED) is 0.476. The highest BCUT2D eigenvalue weighted by atomic mass is 32.1. The number of aromatic amines is 1. The summed E-state index contributed by atoms with van der Waals surface area (Å²) in [6.07, 6.45) is 5.03. The summed E-state index contributed by atoms with van der Waals surface area (Å²) in [7, 11) is 5.01. The van der Waals surface area contributed by atoms with Crippen LogP contribution in [0.2, 0.25) is 0 Å². The summed E-state index contributed by atoms with van der Waals surface area (Å²) in [6, 6.07) is 1.83. The predicted octanol–water partition coefficient (Wildman–Crippen LogP) is 1.65. The largest absolute Gasteiger partial charge is 0.349 e. The number of rotatable bonds is 6. The SMILES string of the molecule is CN(C)C(=O)CCN(C)C(=O)c1nc2c(Nc3cc4cn[nH]c4cn3)ncnc2s1. The van der Waals surface area contributed by atoms with E-state index in [2.05, 4.69) is 35.5 Å². The van der Waals surface area contributed by atoms with Crippen LogP contribution in [0.3, 0.4) is 0 Å². The van der Waals surface area contributed by atoms with E-state index in [0.29, 0.717) is 28.5 Å². The van der Waals surface area contributed by atoms with Crippen LogP contribution in [-0.2, 0) is 4.79 Å². The van der Waals surface area contributed by atoms with Gasteiger partial charge in [0.25, 0.3) is 5.91 Å². The van der Waals surface area contributed by atoms with E-state index >= 15 is 0 Å². The first-order chi connectivity index (χ1) is 14.4. The number of carbonyl (C=O) groups excluding carboxylic acids is 2. The molecular weight excluding hydrogens is 406 g/mol. The number of thiazole rings is 1. The molecular formula is C18H19N9O2S. The number of fused-ring (bicyclic) bond motifs is 2. The molecule has 0 radical (unpaired) electrons. The van der Waals surface area contributed by atoms with Crippen LogP contribution in [0.15, 0.2) is 24.8 Å². The van der Waals surface area contributed by atoms with Crippen LogP contribution in [0.4, 0.5) is 11.6 Å². The maximum Gasteiger partial charge on any atom is 0.282 e. The zero-order chi connectivity index (χ0) is 21.3. The van der Waals surface area contributed by atoms with Gasteiger partial charge in [0.2, 0.25) is 5.91 Å². The highest BCUT2D eigenvalue weighted by Gasteiger charge is 2.20. The Labute approximate surface area is 175 Å². The first-order valence-corrected chi connectivity index (χ1v) is 9.87. The minimum absolute atomic E-state index is 0.0432. The summed E-state index contributed by atoms with van der Waals surface area (Å²) in [4.78, 5) is 45.3. The van der Waals surface area contributed by atoms with Gasteiger partial charge in [-0.25, -0.2) is 19.9 Å². The Balaban J connectivity index is 1.55. The van der Waals surface area contributed by atoms with Gasteiger partial charge in [0.1, 0.15) is 22.5 Å². The van der Waals surface area contributed by atoms with Crippen LogP contribution < -0.4 is 5.32 Å². The Morgan fingerprint density at radius 3 is 2.80 bits per heavy atom. The normalized spacial score (nSPS) is 11.0. The van der Waals surface area contributed by atoms with Gasteiger partial charge in [-0.1, -0.05) is 11.3 Å². The zero-order valence-electron chi connectivity index (χ0n) is 16.6. The van der Waals surface area contributed by atoms with E-state index in [-0.39, 0.29) is 23.2 Å². The Kier molecular flexibility index (Phi) is 5.23. The molecule has 0 atom stereocenters. The molecule has 0 aliphatic carbocycles. The third kappa shape index (κ3) is 3.89. The van der Waals surface area contributed by atoms with Crippen LogP contribution in [0.5, 0.6) is 0 Å². The minimum atomic E-state index is -0.270. The number of nitrogens with zero attached hydrogens (tertiary/aromatic N) is 7. The van der Waals surface area contributed by atoms with Crippen molar-refractivity contribution in [3.8, 4) is 0 Å². The molecule has 0 aromatic carbocycles. The molecule has 4 rings (SSSR count). The molecule has 30 heavy (non-hydrogen) atoms. The summed E-state index contributed by atoms with van der Waals surface area (Å²) in [6.45, 7) is 0.303. The molecule has 0 saturated heterocycles. The van der Waals surface area contributed by atoms with E-state index < -0.39 is 0 Å². The number of pyridine rings is 1. The van der Waals surface area contributed by atoms with Crippen molar-refractivity contribution < 1.29 is 9.59 Å². The van der Waals surface area contributed by atoms with Crippen molar-refractivity contribution in [1.29, 1.82) is 0 Å². The number of carbonyl (C=O) groups is 2. The summed E-state index contributed by atoms with van der Waals surface area (Å²) in [5, 5.41) is 11.1. The fraction of sp³-hybridized carbons (Fsp3) is 0.278. The van der Waals surface area contributed by atoms with Gasteiger partial charge in [-0.15, -0.1) is 0 Å². The van der Waals surface area contributed by atoms with Gasteiger partial charge in [0, 0.05) is 39.5 Å². The second kappa shape index (κ2) is 7.99. The van der Waals surface area contributed by atoms with Crippen molar-refractivity contribution in [2.24, 2.45) is 0 Å². The van der Waals surface area contributed by atoms with Gasteiger partial charge >= 0.3 is 0 Å². The number of aromatic nitrogens is 6. The number of H-pyrrole nitrogens is 1. The first-order valence-electron chi connectivity index (χ1n) is 9.05. The highest BCUT2D eigenvalue weighted by Crippen LogP contribution is 2.27. The first kappa shape index (κ1) is 19.6. The van der Waals surface area contributed by atoms with E-state index in [1.807, 2.05) is 6.07 Å². The Bertz CT molecular complexity index is 1230. The molecule has 2 amide bonds. The Morgan fingerprint density at radius 1 is 1.17 bits per heavy atom. The second-order valence-corrected chi connectivity index (χ2v) is 7.79. The smallest absolute Gasteiger partial charge is 0.282 e. The molecule has 0 aliphatic rings. The molecule has 11 nitrogen and oxygen atoms in total. The van der Waals surface area contributed by atoms with Crippen molar-refractivity contribution in [3.05, 3.63) is 29.8 Å². The molecule has 0 unspecified atom stereocenters. The van der Waals surface area contributed by atoms with Crippen LogP contribution in [0.25, 0.3) is 21.3 Å². The fourth-order valence-corrected chi connectivity index (χ4v) is 3.62. The lowest BCUT2D eigenvalue weighted by molar-refractivity contribution is -0.128. The van der Waals surface area contributed by atoms with E-state index in [1.165, 1.54) is 27.5 Å². The molecule has 154 valence electrons. The predicted molar refractivity (Wildman–Crippen MR) is 113 cm³/mol. The molecule has 0 spiro atoms. The van der Waals surface area contributed by atoms with Crippen molar-refractivity contribution in [1.82, 2.24) is 39.9 Å². The van der Waals surface area contributed by atoms with E-state index in [0.717, 1.165) is 10.9 Å². The van der Waals surface area contributed by atoms with Crippen molar-refractivity contribution in [2.75, 3.05) is 33.0 Å². The van der Waals surface area contributed by atoms with E-state index in [9.17, 15) is 9.59 Å². The lowest BCUT2D eigenvalue weighted by Gasteiger charge is -2.17. The topological polar surface area (TPSA) is 133 Å². The summed E-state index contributed by atoms with van der Waals surface area (Å²) in [5.41, 5.74) is 1.31. The average Bonchev–Trinajstić information content (AvgIpc) is 3.38. The molecule has 4 aromatic heterocycles. The molecule has 0 bridgehead atoms. The number of amides is 2. The maximum absolute atomic E-state index is 12.7. The number of hydrogen-bond donors (Lipinski definition) is 2. The summed E-state index contributed by atoms with van der Waals surface area (Å²) in [5.74, 6) is 0.715. The fourth-order valence-electron chi connectivity index (χ4n) is 2.72. The number of anilines is 2. The molecule has 4 heterocycles. The summed E-state index contributed by atoms with van der Waals surface area (Å²) < 4.78 is 0. The van der Waals surface area contributed by atoms with Gasteiger partial charge in [-0.05, 0) is 6.07 Å². The van der Waals surface area contributed by atoms with Crippen molar-refractivity contribution >= 4 is 56.0 Å². The molecule has 0 fully saturated rings. The van der Waals surface area contributed by atoms with Gasteiger partial charge < -0.3 is 15.1 Å².